The van der Waals surface area contributed by atoms with Crippen molar-refractivity contribution in [1.82, 2.24) is 14.6 Å². The van der Waals surface area contributed by atoms with E-state index in [1.54, 1.807) is 4.52 Å². The fourth-order valence-electron chi connectivity index (χ4n) is 2.60. The molecular weight excluding hydrogens is 234 g/mol. The Morgan fingerprint density at radius 2 is 2.00 bits per heavy atom. The highest BCUT2D eigenvalue weighted by Gasteiger charge is 2.21. The van der Waals surface area contributed by atoms with E-state index in [0.717, 1.165) is 22.6 Å². The second kappa shape index (κ2) is 3.98. The lowest BCUT2D eigenvalue weighted by Gasteiger charge is -2.04. The molecule has 1 aliphatic rings. The Morgan fingerprint density at radius 1 is 1.29 bits per heavy atom. The Hall–Kier alpha value is -1.09. The quantitative estimate of drug-likeness (QED) is 0.722. The van der Waals surface area contributed by atoms with E-state index in [-0.39, 0.29) is 0 Å². The van der Waals surface area contributed by atoms with Crippen LogP contribution in [0.25, 0.3) is 5.65 Å². The normalized spacial score (nSPS) is 17.1. The molecule has 0 saturated heterocycles. The predicted octanol–water partition coefficient (Wildman–Crippen LogP) is 3.66. The molecule has 0 atom stereocenters. The van der Waals surface area contributed by atoms with Gasteiger partial charge in [-0.2, -0.15) is 5.10 Å². The van der Waals surface area contributed by atoms with Crippen molar-refractivity contribution in [2.45, 2.75) is 45.4 Å². The molecule has 2 aromatic heterocycles. The van der Waals surface area contributed by atoms with E-state index in [0.29, 0.717) is 11.1 Å². The summed E-state index contributed by atoms with van der Waals surface area (Å²) in [6.07, 6.45) is 5.13. The summed E-state index contributed by atoms with van der Waals surface area (Å²) in [7, 11) is 0. The van der Waals surface area contributed by atoms with Crippen LogP contribution < -0.4 is 0 Å². The SMILES string of the molecule is Cc1nc2cc(C3CCCC3)nn2c(Cl)c1C. The first-order valence-corrected chi connectivity index (χ1v) is 6.57. The van der Waals surface area contributed by atoms with Gasteiger partial charge < -0.3 is 0 Å². The minimum absolute atomic E-state index is 0.605. The number of fused-ring (bicyclic) bond motifs is 1. The van der Waals surface area contributed by atoms with Gasteiger partial charge in [0.05, 0.1) is 5.69 Å². The third kappa shape index (κ3) is 1.73. The second-order valence-electron chi connectivity index (χ2n) is 4.93. The molecule has 0 amide bonds. The van der Waals surface area contributed by atoms with E-state index < -0.39 is 0 Å². The lowest BCUT2D eigenvalue weighted by atomic mass is 10.1. The summed E-state index contributed by atoms with van der Waals surface area (Å²) in [5.41, 5.74) is 4.03. The van der Waals surface area contributed by atoms with Crippen LogP contribution in [0.15, 0.2) is 6.07 Å². The predicted molar refractivity (Wildman–Crippen MR) is 68.7 cm³/mol. The maximum Gasteiger partial charge on any atom is 0.157 e. The zero-order valence-electron chi connectivity index (χ0n) is 10.2. The van der Waals surface area contributed by atoms with Crippen molar-refractivity contribution in [1.29, 1.82) is 0 Å². The number of aryl methyl sites for hydroxylation is 1. The van der Waals surface area contributed by atoms with Crippen molar-refractivity contribution in [2.24, 2.45) is 0 Å². The molecule has 90 valence electrons. The molecule has 0 N–H and O–H groups in total. The maximum absolute atomic E-state index is 6.31. The van der Waals surface area contributed by atoms with Crippen LogP contribution in [0, 0.1) is 13.8 Å². The van der Waals surface area contributed by atoms with Gasteiger partial charge in [0.1, 0.15) is 5.15 Å². The third-order valence-corrected chi connectivity index (χ3v) is 4.25. The topological polar surface area (TPSA) is 30.2 Å². The highest BCUT2D eigenvalue weighted by Crippen LogP contribution is 2.34. The van der Waals surface area contributed by atoms with E-state index in [1.807, 2.05) is 13.8 Å². The molecule has 0 bridgehead atoms. The number of hydrogen-bond donors (Lipinski definition) is 0. The van der Waals surface area contributed by atoms with Crippen LogP contribution in [0.2, 0.25) is 5.15 Å². The number of aromatic nitrogens is 3. The molecule has 1 fully saturated rings. The first-order chi connectivity index (χ1) is 8.16. The average molecular weight is 250 g/mol. The van der Waals surface area contributed by atoms with Crippen molar-refractivity contribution in [3.05, 3.63) is 28.2 Å². The summed E-state index contributed by atoms with van der Waals surface area (Å²) in [6, 6.07) is 2.09. The molecule has 1 aliphatic carbocycles. The molecule has 17 heavy (non-hydrogen) atoms. The zero-order valence-corrected chi connectivity index (χ0v) is 11.0. The van der Waals surface area contributed by atoms with Gasteiger partial charge in [-0.15, -0.1) is 0 Å². The summed E-state index contributed by atoms with van der Waals surface area (Å²) in [4.78, 5) is 4.54. The molecule has 1 saturated carbocycles. The van der Waals surface area contributed by atoms with Gasteiger partial charge in [-0.25, -0.2) is 9.50 Å². The van der Waals surface area contributed by atoms with Crippen molar-refractivity contribution < 1.29 is 0 Å². The van der Waals surface area contributed by atoms with Crippen LogP contribution in [0.4, 0.5) is 0 Å². The second-order valence-corrected chi connectivity index (χ2v) is 5.29. The highest BCUT2D eigenvalue weighted by molar-refractivity contribution is 6.30. The molecule has 0 spiro atoms. The van der Waals surface area contributed by atoms with Crippen molar-refractivity contribution in [3.8, 4) is 0 Å². The smallest absolute Gasteiger partial charge is 0.157 e. The Kier molecular flexibility index (Phi) is 2.58. The summed E-state index contributed by atoms with van der Waals surface area (Å²) in [5, 5.41) is 5.31. The fourth-order valence-corrected chi connectivity index (χ4v) is 2.86. The molecule has 2 aromatic rings. The molecule has 2 heterocycles. The minimum atomic E-state index is 0.605. The monoisotopic (exact) mass is 249 g/mol. The molecule has 0 unspecified atom stereocenters. The van der Waals surface area contributed by atoms with Crippen LogP contribution in [0.3, 0.4) is 0 Å². The Bertz CT molecular complexity index is 568. The van der Waals surface area contributed by atoms with Crippen molar-refractivity contribution in [3.63, 3.8) is 0 Å². The zero-order chi connectivity index (χ0) is 12.0. The van der Waals surface area contributed by atoms with Crippen LogP contribution in [-0.4, -0.2) is 14.6 Å². The van der Waals surface area contributed by atoms with Gasteiger partial charge in [0, 0.05) is 23.2 Å². The summed E-state index contributed by atoms with van der Waals surface area (Å²) < 4.78 is 1.78. The highest BCUT2D eigenvalue weighted by atomic mass is 35.5. The van der Waals surface area contributed by atoms with Gasteiger partial charge in [-0.3, -0.25) is 0 Å². The van der Waals surface area contributed by atoms with E-state index in [2.05, 4.69) is 16.1 Å². The van der Waals surface area contributed by atoms with Gasteiger partial charge in [0.15, 0.2) is 5.65 Å². The van der Waals surface area contributed by atoms with Crippen LogP contribution in [-0.2, 0) is 0 Å². The van der Waals surface area contributed by atoms with Crippen LogP contribution in [0.1, 0.15) is 48.6 Å². The lowest BCUT2D eigenvalue weighted by Crippen LogP contribution is -1.99. The van der Waals surface area contributed by atoms with E-state index in [1.165, 1.54) is 25.7 Å². The van der Waals surface area contributed by atoms with Crippen molar-refractivity contribution in [2.75, 3.05) is 0 Å². The fraction of sp³-hybridized carbons (Fsp3) is 0.538. The number of halogens is 1. The molecule has 3 rings (SSSR count). The van der Waals surface area contributed by atoms with Gasteiger partial charge in [0.25, 0.3) is 0 Å². The van der Waals surface area contributed by atoms with Gasteiger partial charge >= 0.3 is 0 Å². The first kappa shape index (κ1) is 11.0. The molecule has 0 aromatic carbocycles. The molecule has 4 heteroatoms. The first-order valence-electron chi connectivity index (χ1n) is 6.19. The van der Waals surface area contributed by atoms with E-state index in [4.69, 9.17) is 11.6 Å². The van der Waals surface area contributed by atoms with Crippen LogP contribution in [0.5, 0.6) is 0 Å². The Labute approximate surface area is 106 Å². The Morgan fingerprint density at radius 3 is 2.71 bits per heavy atom. The summed E-state index contributed by atoms with van der Waals surface area (Å²) >= 11 is 6.31. The number of nitrogens with zero attached hydrogens (tertiary/aromatic N) is 3. The third-order valence-electron chi connectivity index (χ3n) is 3.80. The van der Waals surface area contributed by atoms with Gasteiger partial charge in [-0.05, 0) is 26.7 Å². The van der Waals surface area contributed by atoms with E-state index in [9.17, 15) is 0 Å². The molecule has 3 nitrogen and oxygen atoms in total. The molecular formula is C13H16ClN3. The largest absolute Gasteiger partial charge is 0.233 e. The molecule has 0 aliphatic heterocycles. The van der Waals surface area contributed by atoms with Crippen molar-refractivity contribution >= 4 is 17.2 Å². The average Bonchev–Trinajstić information content (AvgIpc) is 2.93. The number of hydrogen-bond acceptors (Lipinski definition) is 2. The van der Waals surface area contributed by atoms with Gasteiger partial charge in [0.2, 0.25) is 0 Å². The summed E-state index contributed by atoms with van der Waals surface area (Å²) in [6.45, 7) is 3.98. The Balaban J connectivity index is 2.15. The minimum Gasteiger partial charge on any atom is -0.233 e. The number of rotatable bonds is 1. The summed E-state index contributed by atoms with van der Waals surface area (Å²) in [5.74, 6) is 0.605. The van der Waals surface area contributed by atoms with E-state index >= 15 is 0 Å². The standard InChI is InChI=1S/C13H16ClN3/c1-8-9(2)15-12-7-11(10-5-3-4-6-10)16-17(12)13(8)14/h7,10H,3-6H2,1-2H3. The molecule has 0 radical (unpaired) electrons. The lowest BCUT2D eigenvalue weighted by molar-refractivity contribution is 0.684. The van der Waals surface area contributed by atoms with Gasteiger partial charge in [-0.1, -0.05) is 24.4 Å². The van der Waals surface area contributed by atoms with Crippen LogP contribution >= 0.6 is 11.6 Å². The maximum atomic E-state index is 6.31.